The van der Waals surface area contributed by atoms with Crippen molar-refractivity contribution in [2.24, 2.45) is 5.73 Å². The molecule has 0 unspecified atom stereocenters. The summed E-state index contributed by atoms with van der Waals surface area (Å²) in [6.07, 6.45) is 0. The number of benzene rings is 1. The highest BCUT2D eigenvalue weighted by molar-refractivity contribution is 7.91. The summed E-state index contributed by atoms with van der Waals surface area (Å²) in [5.74, 6) is -0.0484. The molecule has 0 radical (unpaired) electrons. The van der Waals surface area contributed by atoms with Crippen LogP contribution in [0.2, 0.25) is 0 Å². The van der Waals surface area contributed by atoms with Crippen LogP contribution >= 0.6 is 0 Å². The maximum Gasteiger partial charge on any atom is 0.234 e. The van der Waals surface area contributed by atoms with Gasteiger partial charge in [0.05, 0.1) is 17.2 Å². The molecule has 0 aromatic heterocycles. The minimum atomic E-state index is -3.34. The number of hydrogen-bond acceptors (Lipinski definition) is 5. The van der Waals surface area contributed by atoms with E-state index in [1.807, 2.05) is 4.90 Å². The number of rotatable bonds is 5. The van der Waals surface area contributed by atoms with Gasteiger partial charge >= 0.3 is 0 Å². The van der Waals surface area contributed by atoms with Gasteiger partial charge in [0, 0.05) is 26.2 Å². The van der Waals surface area contributed by atoms with Crippen molar-refractivity contribution in [3.05, 3.63) is 29.8 Å². The summed E-state index contributed by atoms with van der Waals surface area (Å²) in [6.45, 7) is 2.20. The van der Waals surface area contributed by atoms with Gasteiger partial charge in [-0.05, 0) is 17.7 Å². The zero-order valence-corrected chi connectivity index (χ0v) is 12.0. The highest BCUT2D eigenvalue weighted by atomic mass is 32.2. The lowest BCUT2D eigenvalue weighted by molar-refractivity contribution is -0.123. The highest BCUT2D eigenvalue weighted by Gasteiger charge is 2.20. The van der Waals surface area contributed by atoms with Gasteiger partial charge in [-0.3, -0.25) is 9.69 Å². The van der Waals surface area contributed by atoms with Crippen LogP contribution in [0.3, 0.4) is 0 Å². The molecule has 1 fully saturated rings. The summed E-state index contributed by atoms with van der Waals surface area (Å²) in [5, 5.41) is 2.71. The van der Waals surface area contributed by atoms with Crippen molar-refractivity contribution in [3.63, 3.8) is 0 Å². The summed E-state index contributed by atoms with van der Waals surface area (Å²) in [4.78, 5) is 13.4. The largest absolute Gasteiger partial charge is 0.354 e. The van der Waals surface area contributed by atoms with E-state index in [9.17, 15) is 13.2 Å². The molecule has 110 valence electrons. The fourth-order valence-electron chi connectivity index (χ4n) is 2.12. The van der Waals surface area contributed by atoms with Crippen LogP contribution in [0.1, 0.15) is 5.56 Å². The van der Waals surface area contributed by atoms with E-state index in [0.717, 1.165) is 5.56 Å². The minimum absolute atomic E-state index is 0.00824. The predicted octanol–water partition coefficient (Wildman–Crippen LogP) is -0.649. The molecule has 1 aliphatic rings. The van der Waals surface area contributed by atoms with Crippen molar-refractivity contribution < 1.29 is 13.2 Å². The summed E-state index contributed by atoms with van der Waals surface area (Å²) in [6, 6.07) is 6.69. The van der Waals surface area contributed by atoms with Gasteiger partial charge < -0.3 is 11.1 Å². The number of nitrogens with zero attached hydrogens (tertiary/aromatic N) is 1. The Morgan fingerprint density at radius 1 is 1.35 bits per heavy atom. The Morgan fingerprint density at radius 3 is 2.85 bits per heavy atom. The number of carbonyl (C=O) groups excluding carboxylic acids is 1. The average molecular weight is 297 g/mol. The van der Waals surface area contributed by atoms with Crippen LogP contribution in [0.25, 0.3) is 0 Å². The van der Waals surface area contributed by atoms with Crippen molar-refractivity contribution in [2.45, 2.75) is 11.4 Å². The zero-order valence-electron chi connectivity index (χ0n) is 11.2. The van der Waals surface area contributed by atoms with Gasteiger partial charge in [0.1, 0.15) is 0 Å². The van der Waals surface area contributed by atoms with Crippen LogP contribution < -0.4 is 11.1 Å². The smallest absolute Gasteiger partial charge is 0.234 e. The molecule has 1 aromatic carbocycles. The molecule has 0 bridgehead atoms. The molecule has 0 atom stereocenters. The molecule has 3 N–H and O–H groups in total. The molecular weight excluding hydrogens is 278 g/mol. The molecule has 1 aromatic rings. The Hall–Kier alpha value is -1.44. The van der Waals surface area contributed by atoms with Gasteiger partial charge in [0.2, 0.25) is 5.91 Å². The van der Waals surface area contributed by atoms with Gasteiger partial charge in [-0.25, -0.2) is 8.42 Å². The molecule has 0 saturated carbocycles. The molecular formula is C13H19N3O3S. The van der Waals surface area contributed by atoms with E-state index in [2.05, 4.69) is 5.32 Å². The van der Waals surface area contributed by atoms with Crippen LogP contribution in [-0.2, 0) is 21.2 Å². The lowest BCUT2D eigenvalue weighted by Gasteiger charge is -2.26. The topological polar surface area (TPSA) is 92.5 Å². The molecule has 1 amide bonds. The quantitative estimate of drug-likeness (QED) is 0.753. The number of carbonyl (C=O) groups is 1. The van der Waals surface area contributed by atoms with Gasteiger partial charge in [-0.1, -0.05) is 12.1 Å². The molecule has 7 heteroatoms. The molecule has 20 heavy (non-hydrogen) atoms. The monoisotopic (exact) mass is 297 g/mol. The van der Waals surface area contributed by atoms with Crippen molar-refractivity contribution in [3.8, 4) is 0 Å². The van der Waals surface area contributed by atoms with Crippen LogP contribution in [0.15, 0.2) is 29.2 Å². The van der Waals surface area contributed by atoms with E-state index in [1.165, 1.54) is 0 Å². The average Bonchev–Trinajstić information content (AvgIpc) is 2.45. The number of sulfone groups is 1. The predicted molar refractivity (Wildman–Crippen MR) is 75.8 cm³/mol. The van der Waals surface area contributed by atoms with Crippen LogP contribution in [0.4, 0.5) is 0 Å². The number of amides is 1. The van der Waals surface area contributed by atoms with Crippen LogP contribution in [0, 0.1) is 0 Å². The first-order valence-electron chi connectivity index (χ1n) is 6.52. The summed E-state index contributed by atoms with van der Waals surface area (Å²) >= 11 is 0. The first-order chi connectivity index (χ1) is 9.51. The molecule has 1 aliphatic heterocycles. The van der Waals surface area contributed by atoms with E-state index in [4.69, 9.17) is 5.73 Å². The second-order valence-corrected chi connectivity index (χ2v) is 6.91. The van der Waals surface area contributed by atoms with Crippen molar-refractivity contribution in [2.75, 3.05) is 31.9 Å². The Bertz CT molecular complexity index is 586. The summed E-state index contributed by atoms with van der Waals surface area (Å²) < 4.78 is 24.5. The molecule has 1 heterocycles. The Kier molecular flexibility index (Phi) is 4.74. The van der Waals surface area contributed by atoms with Crippen molar-refractivity contribution in [1.82, 2.24) is 10.2 Å². The molecule has 1 saturated heterocycles. The van der Waals surface area contributed by atoms with E-state index in [1.54, 1.807) is 24.3 Å². The standard InChI is InChI=1S/C13H19N3O3S/c14-9-11-2-1-3-12(8-11)20(18,19)7-6-16-5-4-15-13(17)10-16/h1-3,8H,4-7,9-10,14H2,(H,15,17). The van der Waals surface area contributed by atoms with E-state index in [-0.39, 0.29) is 18.2 Å². The molecule has 6 nitrogen and oxygen atoms in total. The van der Waals surface area contributed by atoms with E-state index >= 15 is 0 Å². The third-order valence-corrected chi connectivity index (χ3v) is 4.98. The number of nitrogens with two attached hydrogens (primary N) is 1. The van der Waals surface area contributed by atoms with Crippen molar-refractivity contribution >= 4 is 15.7 Å². The van der Waals surface area contributed by atoms with E-state index in [0.29, 0.717) is 31.1 Å². The Morgan fingerprint density at radius 2 is 2.15 bits per heavy atom. The number of nitrogens with one attached hydrogen (secondary N) is 1. The second-order valence-electron chi connectivity index (χ2n) is 4.80. The molecule has 0 spiro atoms. The maximum atomic E-state index is 12.3. The summed E-state index contributed by atoms with van der Waals surface area (Å²) in [5.41, 5.74) is 6.32. The first-order valence-corrected chi connectivity index (χ1v) is 8.17. The first kappa shape index (κ1) is 15.0. The lowest BCUT2D eigenvalue weighted by atomic mass is 10.2. The lowest BCUT2D eigenvalue weighted by Crippen LogP contribution is -2.48. The second kappa shape index (κ2) is 6.34. The number of hydrogen-bond donors (Lipinski definition) is 2. The van der Waals surface area contributed by atoms with Crippen LogP contribution in [-0.4, -0.2) is 51.2 Å². The van der Waals surface area contributed by atoms with Gasteiger partial charge in [-0.2, -0.15) is 0 Å². The summed E-state index contributed by atoms with van der Waals surface area (Å²) in [7, 11) is -3.34. The SMILES string of the molecule is NCc1cccc(S(=O)(=O)CCN2CCNC(=O)C2)c1. The fourth-order valence-corrected chi connectivity index (χ4v) is 3.47. The van der Waals surface area contributed by atoms with Gasteiger partial charge in [-0.15, -0.1) is 0 Å². The Balaban J connectivity index is 2.01. The third kappa shape index (κ3) is 3.78. The van der Waals surface area contributed by atoms with Gasteiger partial charge in [0.25, 0.3) is 0 Å². The van der Waals surface area contributed by atoms with E-state index < -0.39 is 9.84 Å². The third-order valence-electron chi connectivity index (χ3n) is 3.29. The fraction of sp³-hybridized carbons (Fsp3) is 0.462. The zero-order chi connectivity index (χ0) is 14.6. The highest BCUT2D eigenvalue weighted by Crippen LogP contribution is 2.13. The number of piperazine rings is 1. The maximum absolute atomic E-state index is 12.3. The van der Waals surface area contributed by atoms with Crippen molar-refractivity contribution in [1.29, 1.82) is 0 Å². The minimum Gasteiger partial charge on any atom is -0.354 e. The van der Waals surface area contributed by atoms with Crippen LogP contribution in [0.5, 0.6) is 0 Å². The molecule has 0 aliphatic carbocycles. The Labute approximate surface area is 118 Å². The van der Waals surface area contributed by atoms with Gasteiger partial charge in [0.15, 0.2) is 9.84 Å². The normalized spacial score (nSPS) is 16.9. The molecule has 2 rings (SSSR count).